The fraction of sp³-hybridized carbons (Fsp3) is 0.818. The fourth-order valence-electron chi connectivity index (χ4n) is 1.95. The highest BCUT2D eigenvalue weighted by Crippen LogP contribution is 2.23. The molecule has 0 heterocycles. The monoisotopic (exact) mass is 197 g/mol. The van der Waals surface area contributed by atoms with Gasteiger partial charge < -0.3 is 10.7 Å². The molecule has 0 fully saturated rings. The highest BCUT2D eigenvalue weighted by atomic mass is 15.4. The molecular formula is C11H23N3. The lowest BCUT2D eigenvalue weighted by Crippen LogP contribution is -2.43. The Bertz CT molecular complexity index is 211. The zero-order valence-corrected chi connectivity index (χ0v) is 9.53. The first-order valence-electron chi connectivity index (χ1n) is 5.48. The van der Waals surface area contributed by atoms with Gasteiger partial charge in [0.15, 0.2) is 0 Å². The topological polar surface area (TPSA) is 55.3 Å². The molecule has 1 aliphatic rings. The van der Waals surface area contributed by atoms with Crippen molar-refractivity contribution in [2.75, 3.05) is 6.54 Å². The van der Waals surface area contributed by atoms with Crippen LogP contribution in [0.3, 0.4) is 0 Å². The summed E-state index contributed by atoms with van der Waals surface area (Å²) in [5, 5.41) is 1.82. The van der Waals surface area contributed by atoms with Gasteiger partial charge in [0.1, 0.15) is 0 Å². The first-order valence-corrected chi connectivity index (χ1v) is 5.48. The van der Waals surface area contributed by atoms with Crippen molar-refractivity contribution in [3.05, 3.63) is 11.8 Å². The summed E-state index contributed by atoms with van der Waals surface area (Å²) in [6.07, 6.45) is 4.35. The largest absolute Gasteiger partial charge is 0.323 e. The fourth-order valence-corrected chi connectivity index (χ4v) is 1.95. The Balaban J connectivity index is 2.58. The molecule has 0 aromatic heterocycles. The average Bonchev–Trinajstić information content (AvgIpc) is 2.01. The van der Waals surface area contributed by atoms with E-state index in [1.807, 2.05) is 5.01 Å². The zero-order valence-electron chi connectivity index (χ0n) is 9.53. The molecule has 0 aromatic carbocycles. The van der Waals surface area contributed by atoms with E-state index in [1.54, 1.807) is 0 Å². The number of hydrazine groups is 1. The smallest absolute Gasteiger partial charge is 0.0460 e. The number of allylic oxidation sites excluding steroid dienone is 1. The molecule has 0 radical (unpaired) electrons. The lowest BCUT2D eigenvalue weighted by Gasteiger charge is -2.32. The molecule has 0 amide bonds. The number of hydrogen-bond acceptors (Lipinski definition) is 3. The minimum atomic E-state index is 0.127. The van der Waals surface area contributed by atoms with Gasteiger partial charge in [0.05, 0.1) is 0 Å². The SMILES string of the molecule is CC(C)CN(N)C1=CCC(C)CC1N. The van der Waals surface area contributed by atoms with Crippen molar-refractivity contribution in [2.24, 2.45) is 23.4 Å². The van der Waals surface area contributed by atoms with Gasteiger partial charge in [-0.1, -0.05) is 26.8 Å². The van der Waals surface area contributed by atoms with Gasteiger partial charge in [-0.2, -0.15) is 0 Å². The van der Waals surface area contributed by atoms with E-state index in [-0.39, 0.29) is 6.04 Å². The maximum atomic E-state index is 6.06. The molecular weight excluding hydrogens is 174 g/mol. The van der Waals surface area contributed by atoms with Gasteiger partial charge in [-0.05, 0) is 24.7 Å². The van der Waals surface area contributed by atoms with E-state index < -0.39 is 0 Å². The summed E-state index contributed by atoms with van der Waals surface area (Å²) in [4.78, 5) is 0. The Morgan fingerprint density at radius 3 is 2.71 bits per heavy atom. The molecule has 1 rings (SSSR count). The van der Waals surface area contributed by atoms with Crippen molar-refractivity contribution < 1.29 is 0 Å². The third-order valence-electron chi connectivity index (χ3n) is 2.66. The predicted octanol–water partition coefficient (Wildman–Crippen LogP) is 1.46. The van der Waals surface area contributed by atoms with Crippen LogP contribution in [0.25, 0.3) is 0 Å². The van der Waals surface area contributed by atoms with Gasteiger partial charge in [-0.15, -0.1) is 0 Å². The van der Waals surface area contributed by atoms with Gasteiger partial charge in [0, 0.05) is 18.3 Å². The van der Waals surface area contributed by atoms with Gasteiger partial charge in [-0.25, -0.2) is 5.84 Å². The Kier molecular flexibility index (Phi) is 3.96. The van der Waals surface area contributed by atoms with Gasteiger partial charge in [-0.3, -0.25) is 0 Å². The lowest BCUT2D eigenvalue weighted by molar-refractivity contribution is 0.274. The second-order valence-corrected chi connectivity index (χ2v) is 4.86. The number of hydrogen-bond donors (Lipinski definition) is 2. The van der Waals surface area contributed by atoms with Crippen LogP contribution in [0.15, 0.2) is 11.8 Å². The molecule has 3 nitrogen and oxygen atoms in total. The summed E-state index contributed by atoms with van der Waals surface area (Å²) in [5.74, 6) is 7.24. The molecule has 2 unspecified atom stereocenters. The quantitative estimate of drug-likeness (QED) is 0.532. The van der Waals surface area contributed by atoms with E-state index >= 15 is 0 Å². The van der Waals surface area contributed by atoms with E-state index in [0.29, 0.717) is 11.8 Å². The van der Waals surface area contributed by atoms with Crippen molar-refractivity contribution in [1.82, 2.24) is 5.01 Å². The van der Waals surface area contributed by atoms with Crippen molar-refractivity contribution in [2.45, 2.75) is 39.7 Å². The minimum Gasteiger partial charge on any atom is -0.323 e. The maximum absolute atomic E-state index is 6.06. The summed E-state index contributed by atoms with van der Waals surface area (Å²) in [6, 6.07) is 0.127. The third-order valence-corrected chi connectivity index (χ3v) is 2.66. The van der Waals surface area contributed by atoms with Crippen LogP contribution in [0.2, 0.25) is 0 Å². The Morgan fingerprint density at radius 2 is 2.21 bits per heavy atom. The van der Waals surface area contributed by atoms with Gasteiger partial charge >= 0.3 is 0 Å². The number of nitrogens with zero attached hydrogens (tertiary/aromatic N) is 1. The minimum absolute atomic E-state index is 0.127. The second-order valence-electron chi connectivity index (χ2n) is 4.86. The second kappa shape index (κ2) is 4.80. The molecule has 0 saturated carbocycles. The standard InChI is InChI=1S/C11H23N3/c1-8(2)7-14(13)11-5-4-9(3)6-10(11)12/h5,8-10H,4,6-7,12-13H2,1-3H3. The highest BCUT2D eigenvalue weighted by Gasteiger charge is 2.21. The summed E-state index contributed by atoms with van der Waals surface area (Å²) in [6.45, 7) is 7.44. The van der Waals surface area contributed by atoms with E-state index in [2.05, 4.69) is 26.8 Å². The van der Waals surface area contributed by atoms with Crippen molar-refractivity contribution >= 4 is 0 Å². The normalized spacial score (nSPS) is 27.7. The molecule has 0 aromatic rings. The molecule has 1 aliphatic carbocycles. The van der Waals surface area contributed by atoms with Crippen LogP contribution in [0.4, 0.5) is 0 Å². The van der Waals surface area contributed by atoms with Crippen LogP contribution in [-0.2, 0) is 0 Å². The van der Waals surface area contributed by atoms with Gasteiger partial charge in [0.25, 0.3) is 0 Å². The van der Waals surface area contributed by atoms with E-state index in [0.717, 1.165) is 25.1 Å². The van der Waals surface area contributed by atoms with Crippen molar-refractivity contribution in [1.29, 1.82) is 0 Å². The summed E-state index contributed by atoms with van der Waals surface area (Å²) in [7, 11) is 0. The molecule has 0 spiro atoms. The zero-order chi connectivity index (χ0) is 10.7. The molecule has 0 bridgehead atoms. The Labute approximate surface area is 87.1 Å². The van der Waals surface area contributed by atoms with Gasteiger partial charge in [0.2, 0.25) is 0 Å². The van der Waals surface area contributed by atoms with Crippen LogP contribution in [-0.4, -0.2) is 17.6 Å². The summed E-state index contributed by atoms with van der Waals surface area (Å²) >= 11 is 0. The van der Waals surface area contributed by atoms with E-state index in [4.69, 9.17) is 11.6 Å². The highest BCUT2D eigenvalue weighted by molar-refractivity contribution is 5.12. The molecule has 0 aliphatic heterocycles. The first-order chi connectivity index (χ1) is 6.50. The first kappa shape index (κ1) is 11.5. The van der Waals surface area contributed by atoms with Crippen LogP contribution in [0.5, 0.6) is 0 Å². The van der Waals surface area contributed by atoms with E-state index in [1.165, 1.54) is 0 Å². The molecule has 14 heavy (non-hydrogen) atoms. The van der Waals surface area contributed by atoms with Crippen LogP contribution >= 0.6 is 0 Å². The summed E-state index contributed by atoms with van der Waals surface area (Å²) in [5.41, 5.74) is 7.18. The predicted molar refractivity (Wildman–Crippen MR) is 60.2 cm³/mol. The average molecular weight is 197 g/mol. The van der Waals surface area contributed by atoms with Crippen LogP contribution < -0.4 is 11.6 Å². The Morgan fingerprint density at radius 1 is 1.57 bits per heavy atom. The molecule has 3 heteroatoms. The Hall–Kier alpha value is -0.540. The van der Waals surface area contributed by atoms with Crippen LogP contribution in [0.1, 0.15) is 33.6 Å². The van der Waals surface area contributed by atoms with Crippen molar-refractivity contribution in [3.8, 4) is 0 Å². The lowest BCUT2D eigenvalue weighted by atomic mass is 9.90. The molecule has 2 atom stereocenters. The number of nitrogens with two attached hydrogens (primary N) is 2. The van der Waals surface area contributed by atoms with Crippen molar-refractivity contribution in [3.63, 3.8) is 0 Å². The molecule has 4 N–H and O–H groups in total. The summed E-state index contributed by atoms with van der Waals surface area (Å²) < 4.78 is 0. The van der Waals surface area contributed by atoms with Crippen LogP contribution in [0, 0.1) is 11.8 Å². The van der Waals surface area contributed by atoms with E-state index in [9.17, 15) is 0 Å². The maximum Gasteiger partial charge on any atom is 0.0460 e. The molecule has 82 valence electrons. The molecule has 0 saturated heterocycles. The third kappa shape index (κ3) is 3.00. The number of rotatable bonds is 3.